The molecule has 0 radical (unpaired) electrons. The van der Waals surface area contributed by atoms with E-state index in [9.17, 15) is 14.4 Å². The maximum absolute atomic E-state index is 12.7. The minimum absolute atomic E-state index is 0.206. The van der Waals surface area contributed by atoms with Gasteiger partial charge in [-0.15, -0.1) is 0 Å². The first kappa shape index (κ1) is 24.0. The molecule has 0 saturated heterocycles. The maximum Gasteiger partial charge on any atom is 0.344 e. The van der Waals surface area contributed by atoms with Crippen molar-refractivity contribution < 1.29 is 28.2 Å². The summed E-state index contributed by atoms with van der Waals surface area (Å²) >= 11 is 0. The van der Waals surface area contributed by atoms with Crippen LogP contribution in [0.1, 0.15) is 38.1 Å². The maximum atomic E-state index is 12.7. The van der Waals surface area contributed by atoms with E-state index in [0.717, 1.165) is 5.56 Å². The minimum Gasteiger partial charge on any atom is -0.482 e. The Balaban J connectivity index is 1.84. The normalized spacial score (nSPS) is 11.4. The van der Waals surface area contributed by atoms with E-state index in [4.69, 9.17) is 18.6 Å². The predicted molar refractivity (Wildman–Crippen MR) is 132 cm³/mol. The first-order valence-electron chi connectivity index (χ1n) is 11.3. The molecule has 0 fully saturated rings. The van der Waals surface area contributed by atoms with Crippen LogP contribution in [0.4, 0.5) is 0 Å². The summed E-state index contributed by atoms with van der Waals surface area (Å²) in [6.07, 6.45) is 0. The zero-order valence-electron chi connectivity index (χ0n) is 20.0. The molecule has 1 aliphatic heterocycles. The SMILES string of the molecule is CCOC(=O)c1ccccc1-c1c2ccc(=O)cc-2oc2cc(OCC(=O)OC(C)(C)C)ccc12. The van der Waals surface area contributed by atoms with Crippen molar-refractivity contribution >= 4 is 22.9 Å². The second-order valence-electron chi connectivity index (χ2n) is 8.93. The van der Waals surface area contributed by atoms with Crippen molar-refractivity contribution in [3.05, 3.63) is 76.5 Å². The van der Waals surface area contributed by atoms with Crippen LogP contribution >= 0.6 is 0 Å². The van der Waals surface area contributed by atoms with E-state index in [1.54, 1.807) is 64.1 Å². The first-order chi connectivity index (χ1) is 16.7. The third-order valence-electron chi connectivity index (χ3n) is 5.13. The number of fused-ring (bicyclic) bond motifs is 2. The predicted octanol–water partition coefficient (Wildman–Crippen LogP) is 5.46. The first-order valence-corrected chi connectivity index (χ1v) is 11.3. The van der Waals surface area contributed by atoms with Crippen LogP contribution in [0.2, 0.25) is 0 Å². The van der Waals surface area contributed by atoms with E-state index < -0.39 is 17.5 Å². The van der Waals surface area contributed by atoms with Gasteiger partial charge in [0.05, 0.1) is 12.2 Å². The van der Waals surface area contributed by atoms with Crippen molar-refractivity contribution in [2.24, 2.45) is 0 Å². The monoisotopic (exact) mass is 474 g/mol. The lowest BCUT2D eigenvalue weighted by atomic mass is 9.91. The van der Waals surface area contributed by atoms with Gasteiger partial charge in [-0.25, -0.2) is 9.59 Å². The van der Waals surface area contributed by atoms with Crippen molar-refractivity contribution in [2.45, 2.75) is 33.3 Å². The Bertz CT molecular complexity index is 1430. The minimum atomic E-state index is -0.616. The Morgan fingerprint density at radius 1 is 0.943 bits per heavy atom. The fourth-order valence-corrected chi connectivity index (χ4v) is 3.83. The van der Waals surface area contributed by atoms with Crippen LogP contribution in [0.15, 0.2) is 69.9 Å². The fourth-order valence-electron chi connectivity index (χ4n) is 3.83. The van der Waals surface area contributed by atoms with Gasteiger partial charge in [-0.2, -0.15) is 0 Å². The molecular weight excluding hydrogens is 448 g/mol. The van der Waals surface area contributed by atoms with E-state index in [2.05, 4.69) is 0 Å². The average Bonchev–Trinajstić information content (AvgIpc) is 2.80. The largest absolute Gasteiger partial charge is 0.482 e. The topological polar surface area (TPSA) is 92.0 Å². The van der Waals surface area contributed by atoms with Crippen LogP contribution in [-0.4, -0.2) is 30.8 Å². The van der Waals surface area contributed by atoms with E-state index in [0.29, 0.717) is 39.2 Å². The van der Waals surface area contributed by atoms with Crippen LogP contribution in [-0.2, 0) is 14.3 Å². The second-order valence-corrected chi connectivity index (χ2v) is 8.93. The highest BCUT2D eigenvalue weighted by Gasteiger charge is 2.23. The van der Waals surface area contributed by atoms with Gasteiger partial charge in [0.1, 0.15) is 22.7 Å². The second kappa shape index (κ2) is 9.62. The Morgan fingerprint density at radius 2 is 1.71 bits per heavy atom. The number of ether oxygens (including phenoxy) is 3. The standard InChI is InChI=1S/C28H26O7/c1-5-32-27(31)20-9-7-6-8-19(20)26-21-12-10-17(29)14-23(21)34-24-15-18(11-13-22(24)26)33-16-25(30)35-28(2,3)4/h6-15H,5,16H2,1-4H3. The highest BCUT2D eigenvalue weighted by molar-refractivity contribution is 6.07. The van der Waals surface area contributed by atoms with Gasteiger partial charge in [-0.3, -0.25) is 4.79 Å². The molecule has 0 spiro atoms. The Hall–Kier alpha value is -4.13. The summed E-state index contributed by atoms with van der Waals surface area (Å²) in [5.41, 5.74) is 2.06. The molecule has 0 unspecified atom stereocenters. The summed E-state index contributed by atoms with van der Waals surface area (Å²) < 4.78 is 22.2. The molecule has 7 heteroatoms. The summed E-state index contributed by atoms with van der Waals surface area (Å²) in [7, 11) is 0. The van der Waals surface area contributed by atoms with Crippen molar-refractivity contribution in [1.82, 2.24) is 0 Å². The molecule has 0 atom stereocenters. The average molecular weight is 475 g/mol. The van der Waals surface area contributed by atoms with Crippen LogP contribution in [0.3, 0.4) is 0 Å². The molecule has 4 rings (SSSR count). The van der Waals surface area contributed by atoms with Gasteiger partial charge in [0.25, 0.3) is 0 Å². The summed E-state index contributed by atoms with van der Waals surface area (Å²) in [6, 6.07) is 16.8. The lowest BCUT2D eigenvalue weighted by molar-refractivity contribution is -0.157. The molecule has 0 amide bonds. The Labute approximate surface area is 202 Å². The zero-order valence-corrected chi connectivity index (χ0v) is 20.0. The lowest BCUT2D eigenvalue weighted by Crippen LogP contribution is -2.27. The smallest absolute Gasteiger partial charge is 0.344 e. The van der Waals surface area contributed by atoms with E-state index in [1.165, 1.54) is 12.1 Å². The molecule has 0 aromatic heterocycles. The Kier molecular flexibility index (Phi) is 6.60. The van der Waals surface area contributed by atoms with Gasteiger partial charge in [0.2, 0.25) is 0 Å². The van der Waals surface area contributed by atoms with Crippen LogP contribution < -0.4 is 10.2 Å². The molecular formula is C28H26O7. The van der Waals surface area contributed by atoms with Gasteiger partial charge < -0.3 is 18.6 Å². The number of rotatable bonds is 6. The summed E-state index contributed by atoms with van der Waals surface area (Å²) in [5.74, 6) is -0.173. The molecule has 35 heavy (non-hydrogen) atoms. The molecule has 0 saturated carbocycles. The molecule has 2 aromatic carbocycles. The van der Waals surface area contributed by atoms with E-state index >= 15 is 0 Å². The number of carbonyl (C=O) groups excluding carboxylic acids is 2. The summed E-state index contributed by atoms with van der Waals surface area (Å²) in [4.78, 5) is 36.8. The van der Waals surface area contributed by atoms with Crippen molar-refractivity contribution in [3.8, 4) is 28.2 Å². The Morgan fingerprint density at radius 3 is 2.46 bits per heavy atom. The number of carbonyl (C=O) groups is 2. The third-order valence-corrected chi connectivity index (χ3v) is 5.13. The number of esters is 2. The molecule has 2 aromatic rings. The van der Waals surface area contributed by atoms with Gasteiger partial charge in [0, 0.05) is 28.6 Å². The molecule has 180 valence electrons. The molecule has 1 heterocycles. The quantitative estimate of drug-likeness (QED) is 0.271. The lowest BCUT2D eigenvalue weighted by Gasteiger charge is -2.20. The zero-order chi connectivity index (χ0) is 25.2. The molecule has 7 nitrogen and oxygen atoms in total. The van der Waals surface area contributed by atoms with Crippen LogP contribution in [0, 0.1) is 0 Å². The van der Waals surface area contributed by atoms with Gasteiger partial charge >= 0.3 is 11.9 Å². The highest BCUT2D eigenvalue weighted by Crippen LogP contribution is 2.42. The summed E-state index contributed by atoms with van der Waals surface area (Å²) in [5, 5.41) is 0.706. The number of benzene rings is 3. The van der Waals surface area contributed by atoms with Gasteiger partial charge in [-0.1, -0.05) is 18.2 Å². The highest BCUT2D eigenvalue weighted by atomic mass is 16.6. The molecule has 0 bridgehead atoms. The van der Waals surface area contributed by atoms with Crippen molar-refractivity contribution in [3.63, 3.8) is 0 Å². The van der Waals surface area contributed by atoms with Crippen molar-refractivity contribution in [1.29, 1.82) is 0 Å². The third kappa shape index (κ3) is 5.35. The number of hydrogen-bond acceptors (Lipinski definition) is 7. The van der Waals surface area contributed by atoms with Crippen molar-refractivity contribution in [2.75, 3.05) is 13.2 Å². The van der Waals surface area contributed by atoms with Gasteiger partial charge in [0.15, 0.2) is 12.0 Å². The number of hydrogen-bond donors (Lipinski definition) is 0. The summed E-state index contributed by atoms with van der Waals surface area (Å²) in [6.45, 7) is 7.08. The molecule has 2 aliphatic rings. The van der Waals surface area contributed by atoms with E-state index in [-0.39, 0.29) is 18.6 Å². The van der Waals surface area contributed by atoms with E-state index in [1.807, 2.05) is 12.1 Å². The fraction of sp³-hybridized carbons (Fsp3) is 0.250. The molecule has 0 N–H and O–H groups in total. The van der Waals surface area contributed by atoms with Crippen LogP contribution in [0.5, 0.6) is 5.75 Å². The van der Waals surface area contributed by atoms with Crippen LogP contribution in [0.25, 0.3) is 33.4 Å². The van der Waals surface area contributed by atoms with Gasteiger partial charge in [-0.05, 0) is 63.6 Å². The molecule has 1 aliphatic carbocycles.